The number of benzene rings is 3. The van der Waals surface area contributed by atoms with Crippen molar-refractivity contribution < 1.29 is 27.8 Å². The van der Waals surface area contributed by atoms with Crippen LogP contribution >= 0.6 is 35.0 Å². The minimum absolute atomic E-state index is 0.0215. The van der Waals surface area contributed by atoms with Crippen LogP contribution in [0.25, 0.3) is 5.69 Å². The minimum atomic E-state index is -1.44. The van der Waals surface area contributed by atoms with Gasteiger partial charge in [-0.1, -0.05) is 41.0 Å². The zero-order valence-corrected chi connectivity index (χ0v) is 22.6. The Bertz CT molecular complexity index is 1520. The Kier molecular flexibility index (Phi) is 7.96. The number of nitrogens with zero attached hydrogens (tertiary/aromatic N) is 3. The van der Waals surface area contributed by atoms with E-state index in [-0.39, 0.29) is 22.2 Å². The van der Waals surface area contributed by atoms with Gasteiger partial charge in [-0.2, -0.15) is 0 Å². The summed E-state index contributed by atoms with van der Waals surface area (Å²) < 4.78 is 50.2. The summed E-state index contributed by atoms with van der Waals surface area (Å²) in [4.78, 5) is 11.1. The van der Waals surface area contributed by atoms with Gasteiger partial charge in [0.2, 0.25) is 0 Å². The van der Waals surface area contributed by atoms with Crippen LogP contribution in [0.2, 0.25) is 10.0 Å². The number of ether oxygens (including phenoxy) is 1. The van der Waals surface area contributed by atoms with Crippen LogP contribution in [0.5, 0.6) is 5.75 Å². The first kappa shape index (κ1) is 27.8. The Balaban J connectivity index is 1.82. The lowest BCUT2D eigenvalue weighted by atomic mass is 9.83. The van der Waals surface area contributed by atoms with Crippen molar-refractivity contribution in [2.45, 2.75) is 30.2 Å². The summed E-state index contributed by atoms with van der Waals surface area (Å²) in [7, 11) is 1.33. The van der Waals surface area contributed by atoms with Crippen molar-refractivity contribution in [2.75, 3.05) is 7.11 Å². The molecule has 0 radical (unpaired) electrons. The lowest BCUT2D eigenvalue weighted by Gasteiger charge is -2.26. The van der Waals surface area contributed by atoms with Gasteiger partial charge in [0.1, 0.15) is 17.5 Å². The molecular weight excluding hydrogens is 562 g/mol. The van der Waals surface area contributed by atoms with Crippen LogP contribution in [0.4, 0.5) is 13.2 Å². The van der Waals surface area contributed by atoms with E-state index in [1.54, 1.807) is 22.8 Å². The highest BCUT2D eigenvalue weighted by molar-refractivity contribution is 7.98. The average molecular weight is 582 g/mol. The smallest absolute Gasteiger partial charge is 0.335 e. The number of thioether (sulfide) groups is 1. The molecule has 1 heterocycles. The van der Waals surface area contributed by atoms with Gasteiger partial charge in [-0.05, 0) is 55.8 Å². The lowest BCUT2D eigenvalue weighted by molar-refractivity contribution is 0.0695. The van der Waals surface area contributed by atoms with E-state index in [4.69, 9.17) is 33.0 Å². The summed E-state index contributed by atoms with van der Waals surface area (Å²) >= 11 is 13.3. The van der Waals surface area contributed by atoms with E-state index in [9.17, 15) is 18.0 Å². The summed E-state index contributed by atoms with van der Waals surface area (Å²) in [6.07, 6.45) is 0. The second kappa shape index (κ2) is 10.9. The second-order valence-corrected chi connectivity index (χ2v) is 10.5. The Morgan fingerprint density at radius 3 is 2.29 bits per heavy atom. The maximum absolute atomic E-state index is 14.6. The van der Waals surface area contributed by atoms with Gasteiger partial charge in [0.25, 0.3) is 0 Å². The van der Waals surface area contributed by atoms with E-state index >= 15 is 0 Å². The molecule has 38 heavy (non-hydrogen) atoms. The van der Waals surface area contributed by atoms with Gasteiger partial charge in [0, 0.05) is 17.4 Å². The number of carboxylic acids is 1. The van der Waals surface area contributed by atoms with Crippen LogP contribution in [0.1, 0.15) is 41.2 Å². The van der Waals surface area contributed by atoms with Gasteiger partial charge in [0.05, 0.1) is 33.8 Å². The summed E-state index contributed by atoms with van der Waals surface area (Å²) in [6.45, 7) is 3.76. The zero-order chi connectivity index (χ0) is 27.8. The molecule has 198 valence electrons. The first-order valence-electron chi connectivity index (χ1n) is 11.0. The Morgan fingerprint density at radius 2 is 1.68 bits per heavy atom. The van der Waals surface area contributed by atoms with Crippen molar-refractivity contribution in [3.8, 4) is 11.4 Å². The molecule has 3 aromatic carbocycles. The molecule has 0 fully saturated rings. The topological polar surface area (TPSA) is 77.2 Å². The molecule has 0 bridgehead atoms. The molecular formula is C26H20Cl2F3N3O3S. The third kappa shape index (κ3) is 5.34. The van der Waals surface area contributed by atoms with Crippen LogP contribution in [-0.4, -0.2) is 33.0 Å². The normalized spacial score (nSPS) is 11.6. The molecule has 1 aromatic heterocycles. The third-order valence-electron chi connectivity index (χ3n) is 5.96. The van der Waals surface area contributed by atoms with Gasteiger partial charge in [0.15, 0.2) is 16.7 Å². The molecule has 0 unspecified atom stereocenters. The lowest BCUT2D eigenvalue weighted by Crippen LogP contribution is -2.24. The molecule has 0 spiro atoms. The number of halogens is 5. The van der Waals surface area contributed by atoms with Crippen molar-refractivity contribution in [1.29, 1.82) is 0 Å². The maximum atomic E-state index is 14.6. The van der Waals surface area contributed by atoms with Crippen molar-refractivity contribution in [3.63, 3.8) is 0 Å². The molecule has 4 aromatic rings. The second-order valence-electron chi connectivity index (χ2n) is 8.73. The van der Waals surface area contributed by atoms with Crippen molar-refractivity contribution in [2.24, 2.45) is 0 Å². The molecule has 0 aliphatic heterocycles. The highest BCUT2D eigenvalue weighted by atomic mass is 35.5. The quantitative estimate of drug-likeness (QED) is 0.220. The summed E-state index contributed by atoms with van der Waals surface area (Å²) in [5, 5.41) is 18.7. The Hall–Kier alpha value is -3.21. The minimum Gasteiger partial charge on any atom is -0.494 e. The van der Waals surface area contributed by atoms with Crippen LogP contribution in [-0.2, 0) is 11.2 Å². The van der Waals surface area contributed by atoms with Crippen molar-refractivity contribution in [3.05, 3.63) is 98.5 Å². The number of carbonyl (C=O) groups is 1. The van der Waals surface area contributed by atoms with Gasteiger partial charge >= 0.3 is 5.97 Å². The van der Waals surface area contributed by atoms with E-state index < -0.39 is 34.4 Å². The number of methoxy groups -OCH3 is 1. The fraction of sp³-hybridized carbons (Fsp3) is 0.192. The maximum Gasteiger partial charge on any atom is 0.335 e. The molecule has 0 amide bonds. The van der Waals surface area contributed by atoms with Gasteiger partial charge in [-0.15, -0.1) is 10.2 Å². The predicted molar refractivity (Wildman–Crippen MR) is 139 cm³/mol. The van der Waals surface area contributed by atoms with Gasteiger partial charge in [-0.3, -0.25) is 4.57 Å². The van der Waals surface area contributed by atoms with Gasteiger partial charge in [-0.25, -0.2) is 18.0 Å². The molecule has 0 aliphatic rings. The standard InChI is InChI=1S/C26H20Cl2F3N3O3S/c1-26(2,14-4-6-17(27)18(28)10-14)24-32-33-25(34(24)15-5-7-19(29)22(11-15)37-3)38-12-16-20(30)8-13(23(35)36)9-21(16)31/h4-11H,12H2,1-3H3,(H,35,36). The van der Waals surface area contributed by atoms with Crippen molar-refractivity contribution >= 4 is 40.9 Å². The number of aromatic carboxylic acids is 1. The monoisotopic (exact) mass is 581 g/mol. The fourth-order valence-corrected chi connectivity index (χ4v) is 5.07. The Morgan fingerprint density at radius 1 is 1.00 bits per heavy atom. The van der Waals surface area contributed by atoms with Gasteiger partial charge < -0.3 is 9.84 Å². The van der Waals surface area contributed by atoms with Crippen molar-refractivity contribution in [1.82, 2.24) is 14.8 Å². The number of carboxylic acid groups (broad SMARTS) is 1. The molecule has 0 atom stereocenters. The van der Waals surface area contributed by atoms with Crippen LogP contribution in [0, 0.1) is 17.5 Å². The molecule has 0 saturated carbocycles. The van der Waals surface area contributed by atoms with E-state index in [1.165, 1.54) is 25.3 Å². The highest BCUT2D eigenvalue weighted by Gasteiger charge is 2.32. The molecule has 6 nitrogen and oxygen atoms in total. The van der Waals surface area contributed by atoms with Crippen LogP contribution in [0.15, 0.2) is 53.7 Å². The predicted octanol–water partition coefficient (Wildman–Crippen LogP) is 7.32. The average Bonchev–Trinajstić information content (AvgIpc) is 3.30. The molecule has 1 N–H and O–H groups in total. The SMILES string of the molecule is COc1cc(-n2c(SCc3c(F)cc(C(=O)O)cc3F)nnc2C(C)(C)c2ccc(Cl)c(Cl)c2)ccc1F. The summed E-state index contributed by atoms with van der Waals surface area (Å²) in [5.41, 5.74) is -0.424. The first-order chi connectivity index (χ1) is 17.9. The summed E-state index contributed by atoms with van der Waals surface area (Å²) in [6, 6.07) is 10.9. The number of hydrogen-bond donors (Lipinski definition) is 1. The van der Waals surface area contributed by atoms with Crippen LogP contribution < -0.4 is 4.74 Å². The largest absolute Gasteiger partial charge is 0.494 e. The molecule has 12 heteroatoms. The third-order valence-corrected chi connectivity index (χ3v) is 7.65. The highest BCUT2D eigenvalue weighted by Crippen LogP contribution is 2.38. The van der Waals surface area contributed by atoms with E-state index in [2.05, 4.69) is 10.2 Å². The molecule has 0 aliphatic carbocycles. The first-order valence-corrected chi connectivity index (χ1v) is 12.8. The fourth-order valence-electron chi connectivity index (χ4n) is 3.80. The molecule has 4 rings (SSSR count). The number of rotatable bonds is 8. The number of hydrogen-bond acceptors (Lipinski definition) is 5. The van der Waals surface area contributed by atoms with E-state index in [0.717, 1.165) is 29.5 Å². The number of aromatic nitrogens is 3. The van der Waals surface area contributed by atoms with Crippen LogP contribution in [0.3, 0.4) is 0 Å². The summed E-state index contributed by atoms with van der Waals surface area (Å²) in [5.74, 6) is -3.84. The van der Waals surface area contributed by atoms with E-state index in [0.29, 0.717) is 21.6 Å². The zero-order valence-electron chi connectivity index (χ0n) is 20.2. The Labute approximate surface area is 230 Å². The van der Waals surface area contributed by atoms with E-state index in [1.807, 2.05) is 13.8 Å². The molecule has 0 saturated heterocycles.